The molecule has 3 rings (SSSR count). The number of furan rings is 1. The van der Waals surface area contributed by atoms with Gasteiger partial charge in [0.05, 0.1) is 24.8 Å². The number of sulfonamides is 1. The van der Waals surface area contributed by atoms with Gasteiger partial charge in [-0.1, -0.05) is 12.1 Å². The molecule has 132 valence electrons. The molecule has 2 heterocycles. The Morgan fingerprint density at radius 3 is 2.72 bits per heavy atom. The van der Waals surface area contributed by atoms with Crippen LogP contribution in [0.2, 0.25) is 0 Å². The summed E-state index contributed by atoms with van der Waals surface area (Å²) in [6.45, 7) is -0.263. The molecule has 0 saturated heterocycles. The lowest BCUT2D eigenvalue weighted by Gasteiger charge is -2.25. The standard InChI is InChI=1S/C17H17NO5S2/c1-22-13-5-2-6-14(11-13)25(20,21)18-12-17(19,15-7-3-9-23-15)16-8-4-10-24-16/h2-11,18-19H,12H2,1H3. The number of nitrogens with one attached hydrogen (secondary N) is 1. The molecule has 6 nitrogen and oxygen atoms in total. The Balaban J connectivity index is 1.89. The monoisotopic (exact) mass is 379 g/mol. The summed E-state index contributed by atoms with van der Waals surface area (Å²) >= 11 is 1.32. The van der Waals surface area contributed by atoms with Crippen molar-refractivity contribution in [2.24, 2.45) is 0 Å². The normalized spacial score (nSPS) is 14.2. The van der Waals surface area contributed by atoms with Gasteiger partial charge in [0, 0.05) is 10.9 Å². The van der Waals surface area contributed by atoms with Gasteiger partial charge in [-0.25, -0.2) is 13.1 Å². The molecule has 3 aromatic rings. The van der Waals surface area contributed by atoms with Gasteiger partial charge in [0.15, 0.2) is 5.60 Å². The average molecular weight is 379 g/mol. The number of methoxy groups -OCH3 is 1. The van der Waals surface area contributed by atoms with Gasteiger partial charge in [0.25, 0.3) is 0 Å². The first-order valence-corrected chi connectivity index (χ1v) is 9.76. The Morgan fingerprint density at radius 2 is 2.08 bits per heavy atom. The third-order valence-corrected chi connectivity index (χ3v) is 6.15. The van der Waals surface area contributed by atoms with Crippen LogP contribution >= 0.6 is 11.3 Å². The second-order valence-corrected chi connectivity index (χ2v) is 8.03. The fourth-order valence-corrected chi connectivity index (χ4v) is 4.30. The topological polar surface area (TPSA) is 88.8 Å². The van der Waals surface area contributed by atoms with E-state index in [-0.39, 0.29) is 17.2 Å². The van der Waals surface area contributed by atoms with Crippen molar-refractivity contribution in [1.82, 2.24) is 4.72 Å². The van der Waals surface area contributed by atoms with Gasteiger partial charge in [0.2, 0.25) is 10.0 Å². The van der Waals surface area contributed by atoms with Crippen molar-refractivity contribution in [3.05, 3.63) is 70.8 Å². The quantitative estimate of drug-likeness (QED) is 0.659. The van der Waals surface area contributed by atoms with E-state index in [4.69, 9.17) is 9.15 Å². The molecule has 0 radical (unpaired) electrons. The van der Waals surface area contributed by atoms with Crippen LogP contribution in [0.15, 0.2) is 69.5 Å². The highest BCUT2D eigenvalue weighted by Gasteiger charge is 2.37. The molecule has 0 fully saturated rings. The van der Waals surface area contributed by atoms with E-state index in [0.717, 1.165) is 0 Å². The van der Waals surface area contributed by atoms with Gasteiger partial charge in [-0.15, -0.1) is 11.3 Å². The van der Waals surface area contributed by atoms with Crippen molar-refractivity contribution in [1.29, 1.82) is 0 Å². The second-order valence-electron chi connectivity index (χ2n) is 5.32. The van der Waals surface area contributed by atoms with Crippen LogP contribution in [0.3, 0.4) is 0 Å². The highest BCUT2D eigenvalue weighted by atomic mass is 32.2. The van der Waals surface area contributed by atoms with Gasteiger partial charge < -0.3 is 14.3 Å². The summed E-state index contributed by atoms with van der Waals surface area (Å²) < 4.78 is 38.0. The predicted molar refractivity (Wildman–Crippen MR) is 94.2 cm³/mol. The maximum atomic E-state index is 12.6. The third kappa shape index (κ3) is 3.62. The van der Waals surface area contributed by atoms with Crippen LogP contribution < -0.4 is 9.46 Å². The summed E-state index contributed by atoms with van der Waals surface area (Å²) in [5.74, 6) is 0.700. The van der Waals surface area contributed by atoms with E-state index < -0.39 is 15.6 Å². The maximum absolute atomic E-state index is 12.6. The largest absolute Gasteiger partial charge is 0.497 e. The van der Waals surface area contributed by atoms with E-state index in [1.165, 1.54) is 36.8 Å². The van der Waals surface area contributed by atoms with Crippen LogP contribution in [0.25, 0.3) is 0 Å². The van der Waals surface area contributed by atoms with Crippen LogP contribution in [0.4, 0.5) is 0 Å². The van der Waals surface area contributed by atoms with Crippen molar-refractivity contribution in [2.45, 2.75) is 10.5 Å². The van der Waals surface area contributed by atoms with Gasteiger partial charge in [-0.05, 0) is 35.7 Å². The third-order valence-electron chi connectivity index (χ3n) is 3.73. The molecular weight excluding hydrogens is 362 g/mol. The minimum atomic E-state index is -3.84. The molecule has 0 bridgehead atoms. The first-order chi connectivity index (χ1) is 12.0. The predicted octanol–water partition coefficient (Wildman–Crippen LogP) is 2.56. The van der Waals surface area contributed by atoms with Crippen LogP contribution in [-0.2, 0) is 15.6 Å². The molecule has 2 aromatic heterocycles. The minimum Gasteiger partial charge on any atom is -0.497 e. The molecule has 25 heavy (non-hydrogen) atoms. The first-order valence-electron chi connectivity index (χ1n) is 7.40. The van der Waals surface area contributed by atoms with E-state index in [0.29, 0.717) is 10.6 Å². The Labute approximate surface area is 149 Å². The lowest BCUT2D eigenvalue weighted by atomic mass is 9.99. The van der Waals surface area contributed by atoms with E-state index >= 15 is 0 Å². The van der Waals surface area contributed by atoms with Crippen molar-refractivity contribution in [3.63, 3.8) is 0 Å². The summed E-state index contributed by atoms with van der Waals surface area (Å²) in [5.41, 5.74) is -1.59. The summed E-state index contributed by atoms with van der Waals surface area (Å²) in [5, 5.41) is 12.9. The zero-order valence-electron chi connectivity index (χ0n) is 13.4. The second kappa shape index (κ2) is 7.01. The summed E-state index contributed by atoms with van der Waals surface area (Å²) in [7, 11) is -2.37. The van der Waals surface area contributed by atoms with E-state index in [1.807, 2.05) is 0 Å². The number of thiophene rings is 1. The van der Waals surface area contributed by atoms with Gasteiger partial charge in [-0.3, -0.25) is 0 Å². The molecule has 0 saturated carbocycles. The molecule has 0 aliphatic carbocycles. The molecule has 1 unspecified atom stereocenters. The van der Waals surface area contributed by atoms with Gasteiger partial charge in [0.1, 0.15) is 11.5 Å². The molecule has 0 spiro atoms. The SMILES string of the molecule is COc1cccc(S(=O)(=O)NCC(O)(c2ccco2)c2cccs2)c1. The van der Waals surface area contributed by atoms with Gasteiger partial charge >= 0.3 is 0 Å². The Hall–Kier alpha value is -2.13. The van der Waals surface area contributed by atoms with Crippen LogP contribution in [-0.4, -0.2) is 27.2 Å². The van der Waals surface area contributed by atoms with Crippen molar-refractivity contribution in [2.75, 3.05) is 13.7 Å². The number of hydrogen-bond donors (Lipinski definition) is 2. The van der Waals surface area contributed by atoms with Crippen molar-refractivity contribution >= 4 is 21.4 Å². The van der Waals surface area contributed by atoms with Crippen LogP contribution in [0.5, 0.6) is 5.75 Å². The zero-order chi connectivity index (χ0) is 17.9. The summed E-state index contributed by atoms with van der Waals surface area (Å²) in [6.07, 6.45) is 1.43. The zero-order valence-corrected chi connectivity index (χ0v) is 15.0. The molecule has 8 heteroatoms. The van der Waals surface area contributed by atoms with Crippen LogP contribution in [0.1, 0.15) is 10.6 Å². The average Bonchev–Trinajstić information content (AvgIpc) is 3.33. The molecule has 1 aromatic carbocycles. The van der Waals surface area contributed by atoms with E-state index in [2.05, 4.69) is 4.72 Å². The number of aliphatic hydroxyl groups is 1. The highest BCUT2D eigenvalue weighted by molar-refractivity contribution is 7.89. The number of benzene rings is 1. The molecule has 2 N–H and O–H groups in total. The number of ether oxygens (including phenoxy) is 1. The lowest BCUT2D eigenvalue weighted by Crippen LogP contribution is -2.40. The Bertz CT molecular complexity index is 884. The van der Waals surface area contributed by atoms with Crippen molar-refractivity contribution in [3.8, 4) is 5.75 Å². The smallest absolute Gasteiger partial charge is 0.240 e. The molecule has 0 aliphatic rings. The maximum Gasteiger partial charge on any atom is 0.240 e. The van der Waals surface area contributed by atoms with Crippen LogP contribution in [0, 0.1) is 0 Å². The first kappa shape index (κ1) is 17.7. The fraction of sp³-hybridized carbons (Fsp3) is 0.176. The van der Waals surface area contributed by atoms with Crippen molar-refractivity contribution < 1.29 is 22.7 Å². The molecule has 1 atom stereocenters. The number of rotatable bonds is 7. The Kier molecular flexibility index (Phi) is 4.96. The molecule has 0 amide bonds. The van der Waals surface area contributed by atoms with E-state index in [1.54, 1.807) is 41.8 Å². The van der Waals surface area contributed by atoms with Gasteiger partial charge in [-0.2, -0.15) is 0 Å². The number of hydrogen-bond acceptors (Lipinski definition) is 6. The molecular formula is C17H17NO5S2. The Morgan fingerprint density at radius 1 is 1.24 bits per heavy atom. The summed E-state index contributed by atoms with van der Waals surface area (Å²) in [4.78, 5) is 0.635. The molecule has 0 aliphatic heterocycles. The minimum absolute atomic E-state index is 0.0554. The fourth-order valence-electron chi connectivity index (χ4n) is 2.37. The lowest BCUT2D eigenvalue weighted by molar-refractivity contribution is 0.0655. The van der Waals surface area contributed by atoms with E-state index in [9.17, 15) is 13.5 Å². The highest BCUT2D eigenvalue weighted by Crippen LogP contribution is 2.33. The summed E-state index contributed by atoms with van der Waals surface area (Å²) in [6, 6.07) is 12.9.